The molecule has 68 heavy (non-hydrogen) atoms. The molecule has 396 valence electrons. The van der Waals surface area contributed by atoms with E-state index in [2.05, 4.69) is 69.4 Å². The molecule has 0 aromatic rings. The summed E-state index contributed by atoms with van der Waals surface area (Å²) < 4.78 is 39.4. The van der Waals surface area contributed by atoms with E-state index in [1.807, 2.05) is 0 Å². The second-order valence-electron chi connectivity index (χ2n) is 18.4. The number of allylic oxidation sites excluding steroid dienone is 8. The minimum atomic E-state index is -4.75. The summed E-state index contributed by atoms with van der Waals surface area (Å²) in [7, 11) is -4.75. The molecule has 0 aromatic heterocycles. The Bertz CT molecular complexity index is 1330. The molecule has 0 aliphatic rings. The van der Waals surface area contributed by atoms with Crippen molar-refractivity contribution in [2.24, 2.45) is 0 Å². The summed E-state index contributed by atoms with van der Waals surface area (Å²) in [6, 6.07) is 0. The van der Waals surface area contributed by atoms with Gasteiger partial charge in [-0.05, 0) is 70.6 Å². The first-order valence-electron chi connectivity index (χ1n) is 27.5. The molecule has 3 atom stereocenters. The van der Waals surface area contributed by atoms with Crippen LogP contribution in [-0.4, -0.2) is 66.5 Å². The smallest absolute Gasteiger partial charge is 0.462 e. The highest BCUT2D eigenvalue weighted by Gasteiger charge is 2.28. The number of rotatable bonds is 51. The average Bonchev–Trinajstić information content (AvgIpc) is 3.32. The molecule has 2 N–H and O–H groups in total. The molecule has 0 radical (unpaired) electrons. The molecular formula is C56H101O11P. The number of phosphoric acid groups is 1. The molecular weight excluding hydrogens is 880 g/mol. The third-order valence-corrected chi connectivity index (χ3v) is 12.7. The standard InChI is InChI=1S/C56H101O11P/c1-4-7-10-13-16-19-22-24-25-26-27-29-32-35-38-41-44-47-56(60)67-53(49-63-54(58)45-42-39-36-33-31-28-23-20-17-14-11-8-5-2)51-65-68(61,62)64-50-52(48-57)66-55(59)46-43-40-37-34-30-21-18-15-12-9-6-3/h8,11,15,17-18,20,28,31,52-53,57H,4-7,9-10,12-14,16,19,21-27,29-30,32-51H2,1-3H3,(H,61,62)/b11-8-,18-15-,20-17-,31-28-. The van der Waals surface area contributed by atoms with Crippen molar-refractivity contribution >= 4 is 25.7 Å². The number of aliphatic hydroxyl groups excluding tert-OH is 1. The third kappa shape index (κ3) is 48.5. The van der Waals surface area contributed by atoms with Crippen molar-refractivity contribution in [3.63, 3.8) is 0 Å². The van der Waals surface area contributed by atoms with Crippen LogP contribution in [0, 0.1) is 0 Å². The average molecular weight is 981 g/mol. The molecule has 0 saturated heterocycles. The van der Waals surface area contributed by atoms with Crippen LogP contribution in [0.15, 0.2) is 48.6 Å². The molecule has 3 unspecified atom stereocenters. The van der Waals surface area contributed by atoms with E-state index in [4.69, 9.17) is 23.3 Å². The van der Waals surface area contributed by atoms with Crippen molar-refractivity contribution in [3.8, 4) is 0 Å². The van der Waals surface area contributed by atoms with Crippen molar-refractivity contribution in [2.45, 2.75) is 264 Å². The van der Waals surface area contributed by atoms with Gasteiger partial charge in [0.2, 0.25) is 0 Å². The van der Waals surface area contributed by atoms with Gasteiger partial charge >= 0.3 is 25.7 Å². The van der Waals surface area contributed by atoms with Gasteiger partial charge in [0.05, 0.1) is 19.8 Å². The Morgan fingerprint density at radius 1 is 0.426 bits per heavy atom. The molecule has 12 heteroatoms. The number of ether oxygens (including phenoxy) is 3. The summed E-state index contributed by atoms with van der Waals surface area (Å²) in [6.07, 6.45) is 52.3. The fourth-order valence-electron chi connectivity index (χ4n) is 7.53. The Kier molecular flexibility index (Phi) is 48.9. The molecule has 0 rings (SSSR count). The molecule has 0 aromatic carbocycles. The number of unbranched alkanes of at least 4 members (excludes halogenated alkanes) is 26. The molecule has 0 bridgehead atoms. The highest BCUT2D eigenvalue weighted by Crippen LogP contribution is 2.43. The van der Waals surface area contributed by atoms with E-state index in [1.165, 1.54) is 96.3 Å². The van der Waals surface area contributed by atoms with Crippen molar-refractivity contribution in [2.75, 3.05) is 26.4 Å². The minimum Gasteiger partial charge on any atom is -0.462 e. The number of hydrogen-bond acceptors (Lipinski definition) is 10. The Morgan fingerprint density at radius 2 is 0.779 bits per heavy atom. The monoisotopic (exact) mass is 981 g/mol. The number of esters is 3. The van der Waals surface area contributed by atoms with Gasteiger partial charge in [0.15, 0.2) is 6.10 Å². The fourth-order valence-corrected chi connectivity index (χ4v) is 8.31. The van der Waals surface area contributed by atoms with Gasteiger partial charge in [-0.25, -0.2) is 4.57 Å². The molecule has 0 fully saturated rings. The van der Waals surface area contributed by atoms with Crippen LogP contribution in [0.1, 0.15) is 252 Å². The maximum atomic E-state index is 12.9. The normalized spacial score (nSPS) is 13.8. The SMILES string of the molecule is CC/C=C\C/C=C\C/C=C\CCCCCC(=O)OCC(COP(=O)(O)OCC(CO)OC(=O)CCCCCCC/C=C\CCCC)OC(=O)CCCCCCCCCCCCCCCCCCC. The third-order valence-electron chi connectivity index (χ3n) is 11.7. The van der Waals surface area contributed by atoms with Crippen LogP contribution >= 0.6 is 7.82 Å². The maximum Gasteiger partial charge on any atom is 0.472 e. The predicted octanol–water partition coefficient (Wildman–Crippen LogP) is 15.8. The first-order valence-corrected chi connectivity index (χ1v) is 29.0. The van der Waals surface area contributed by atoms with E-state index in [0.29, 0.717) is 19.3 Å². The van der Waals surface area contributed by atoms with Crippen LogP contribution in [0.5, 0.6) is 0 Å². The predicted molar refractivity (Wildman–Crippen MR) is 279 cm³/mol. The van der Waals surface area contributed by atoms with Crippen molar-refractivity contribution in [3.05, 3.63) is 48.6 Å². The zero-order chi connectivity index (χ0) is 49.9. The molecule has 0 aliphatic heterocycles. The summed E-state index contributed by atoms with van der Waals surface area (Å²) in [5, 5.41) is 9.77. The number of carbonyl (C=O) groups is 3. The highest BCUT2D eigenvalue weighted by molar-refractivity contribution is 7.47. The molecule has 0 spiro atoms. The summed E-state index contributed by atoms with van der Waals surface area (Å²) in [5.74, 6) is -1.50. The maximum absolute atomic E-state index is 12.9. The molecule has 0 aliphatic carbocycles. The number of aliphatic hydroxyl groups is 1. The topological polar surface area (TPSA) is 155 Å². The Hall–Kier alpha value is -2.56. The Morgan fingerprint density at radius 3 is 1.25 bits per heavy atom. The molecule has 0 saturated carbocycles. The van der Waals surface area contributed by atoms with Gasteiger partial charge < -0.3 is 24.2 Å². The molecule has 0 heterocycles. The van der Waals surface area contributed by atoms with Gasteiger partial charge in [-0.3, -0.25) is 23.4 Å². The summed E-state index contributed by atoms with van der Waals surface area (Å²) >= 11 is 0. The summed E-state index contributed by atoms with van der Waals surface area (Å²) in [4.78, 5) is 48.4. The van der Waals surface area contributed by atoms with Crippen LogP contribution in [0.3, 0.4) is 0 Å². The summed E-state index contributed by atoms with van der Waals surface area (Å²) in [6.45, 7) is 4.46. The number of hydrogen-bond donors (Lipinski definition) is 2. The van der Waals surface area contributed by atoms with E-state index in [-0.39, 0.29) is 25.9 Å². The highest BCUT2D eigenvalue weighted by atomic mass is 31.2. The van der Waals surface area contributed by atoms with E-state index >= 15 is 0 Å². The first-order chi connectivity index (χ1) is 33.2. The number of carbonyl (C=O) groups excluding carboxylic acids is 3. The van der Waals surface area contributed by atoms with E-state index < -0.39 is 57.8 Å². The van der Waals surface area contributed by atoms with E-state index in [1.54, 1.807) is 0 Å². The van der Waals surface area contributed by atoms with E-state index in [0.717, 1.165) is 96.3 Å². The van der Waals surface area contributed by atoms with Gasteiger partial charge in [-0.2, -0.15) is 0 Å². The zero-order valence-electron chi connectivity index (χ0n) is 43.6. The van der Waals surface area contributed by atoms with Crippen molar-refractivity contribution < 1.29 is 52.2 Å². The molecule has 0 amide bonds. The summed E-state index contributed by atoms with van der Waals surface area (Å²) in [5.41, 5.74) is 0. The number of phosphoric ester groups is 1. The lowest BCUT2D eigenvalue weighted by Gasteiger charge is -2.21. The first kappa shape index (κ1) is 65.4. The van der Waals surface area contributed by atoms with Gasteiger partial charge in [0.25, 0.3) is 0 Å². The van der Waals surface area contributed by atoms with E-state index in [9.17, 15) is 28.9 Å². The zero-order valence-corrected chi connectivity index (χ0v) is 44.5. The van der Waals surface area contributed by atoms with Crippen LogP contribution < -0.4 is 0 Å². The fraction of sp³-hybridized carbons (Fsp3) is 0.804. The quantitative estimate of drug-likeness (QED) is 0.0197. The Labute approximate surface area is 415 Å². The van der Waals surface area contributed by atoms with Crippen molar-refractivity contribution in [1.82, 2.24) is 0 Å². The van der Waals surface area contributed by atoms with Gasteiger partial charge in [-0.15, -0.1) is 0 Å². The Balaban J connectivity index is 4.74. The van der Waals surface area contributed by atoms with Crippen molar-refractivity contribution in [1.29, 1.82) is 0 Å². The second kappa shape index (κ2) is 50.8. The van der Waals surface area contributed by atoms with Gasteiger partial charge in [-0.1, -0.05) is 211 Å². The lowest BCUT2D eigenvalue weighted by molar-refractivity contribution is -0.161. The molecule has 11 nitrogen and oxygen atoms in total. The lowest BCUT2D eigenvalue weighted by Crippen LogP contribution is -2.30. The van der Waals surface area contributed by atoms with Crippen LogP contribution in [-0.2, 0) is 42.2 Å². The van der Waals surface area contributed by atoms with Crippen LogP contribution in [0.4, 0.5) is 0 Å². The minimum absolute atomic E-state index is 0.164. The van der Waals surface area contributed by atoms with Crippen LogP contribution in [0.2, 0.25) is 0 Å². The second-order valence-corrected chi connectivity index (χ2v) is 19.8. The lowest BCUT2D eigenvalue weighted by atomic mass is 10.0. The van der Waals surface area contributed by atoms with Crippen LogP contribution in [0.25, 0.3) is 0 Å². The largest absolute Gasteiger partial charge is 0.472 e. The van der Waals surface area contributed by atoms with Gasteiger partial charge in [0, 0.05) is 19.3 Å². The van der Waals surface area contributed by atoms with Gasteiger partial charge in [0.1, 0.15) is 12.7 Å².